The van der Waals surface area contributed by atoms with Crippen LogP contribution in [0.4, 0.5) is 0 Å². The number of benzene rings is 1. The molecule has 3 aliphatic carbocycles. The van der Waals surface area contributed by atoms with Gasteiger partial charge in [0.1, 0.15) is 17.6 Å². The molecule has 0 radical (unpaired) electrons. The largest absolute Gasteiger partial charge is 0.465 e. The van der Waals surface area contributed by atoms with Gasteiger partial charge in [0.2, 0.25) is 0 Å². The molecule has 0 saturated heterocycles. The maximum atomic E-state index is 12.9. The van der Waals surface area contributed by atoms with Gasteiger partial charge in [0.05, 0.1) is 55.9 Å². The third-order valence-electron chi connectivity index (χ3n) is 10.5. The minimum Gasteiger partial charge on any atom is -0.465 e. The Morgan fingerprint density at radius 1 is 0.667 bits per heavy atom. The first kappa shape index (κ1) is 42.7. The summed E-state index contributed by atoms with van der Waals surface area (Å²) in [4.78, 5) is 60.9. The average Bonchev–Trinajstić information content (AvgIpc) is 3.17. The van der Waals surface area contributed by atoms with Crippen LogP contribution in [0.25, 0.3) is 0 Å². The van der Waals surface area contributed by atoms with E-state index in [-0.39, 0.29) is 60.1 Å². The minimum atomic E-state index is -0.452. The van der Waals surface area contributed by atoms with Crippen molar-refractivity contribution in [1.29, 1.82) is 0 Å². The summed E-state index contributed by atoms with van der Waals surface area (Å²) in [6, 6.07) is 4.99. The van der Waals surface area contributed by atoms with E-state index in [1.54, 1.807) is 25.1 Å². The molecule has 1 aromatic carbocycles. The van der Waals surface area contributed by atoms with Crippen LogP contribution in [0.1, 0.15) is 109 Å². The lowest BCUT2D eigenvalue weighted by atomic mass is 9.87. The van der Waals surface area contributed by atoms with Gasteiger partial charge in [-0.25, -0.2) is 9.59 Å². The van der Waals surface area contributed by atoms with Gasteiger partial charge in [0.25, 0.3) is 0 Å². The normalized spacial score (nSPS) is 24.6. The molecule has 0 N–H and O–H groups in total. The van der Waals surface area contributed by atoms with Gasteiger partial charge < -0.3 is 33.2 Å². The Kier molecular flexibility index (Phi) is 17.7. The number of hydrogen-bond acceptors (Lipinski definition) is 12. The number of esters is 5. The van der Waals surface area contributed by atoms with Gasteiger partial charge in [0, 0.05) is 18.6 Å². The summed E-state index contributed by atoms with van der Waals surface area (Å²) in [6.07, 6.45) is 12.8. The van der Waals surface area contributed by atoms with Crippen LogP contribution in [0.3, 0.4) is 0 Å². The molecule has 3 fully saturated rings. The number of rotatable bonds is 19. The minimum absolute atomic E-state index is 0.0537. The van der Waals surface area contributed by atoms with Gasteiger partial charge >= 0.3 is 29.8 Å². The SMILES string of the molecule is C=CC(=O)OCCCC(C)OC1CCC(C(=O)OCCCOC2CCC(C(=O)Oc3ccc(OC(=O)C4CCC(OC(=O)C=C)CC4)c(C)c3)CC2)CC1. The lowest BCUT2D eigenvalue weighted by molar-refractivity contribution is -0.152. The van der Waals surface area contributed by atoms with E-state index >= 15 is 0 Å². The zero-order valence-electron chi connectivity index (χ0n) is 32.0. The first-order chi connectivity index (χ1) is 26.0. The molecule has 54 heavy (non-hydrogen) atoms. The maximum Gasteiger partial charge on any atom is 0.330 e. The smallest absolute Gasteiger partial charge is 0.330 e. The lowest BCUT2D eigenvalue weighted by Gasteiger charge is -2.29. The quantitative estimate of drug-likeness (QED) is 0.0467. The standard InChI is InChI=1S/C42H58O12/c1-5-38(43)49-24-7-9-29(4)51-34-18-12-30(13-19-34)40(45)50-26-8-25-48-33-16-10-31(11-17-33)41(46)53-36-22-23-37(28(3)27-36)54-42(47)32-14-20-35(21-15-32)52-39(44)6-2/h5-6,22-23,27,29-35H,1-2,7-21,24-26H2,3-4H3. The van der Waals surface area contributed by atoms with Gasteiger partial charge in [-0.1, -0.05) is 13.2 Å². The molecule has 1 atom stereocenters. The Bertz CT molecular complexity index is 1410. The zero-order chi connectivity index (χ0) is 38.9. The van der Waals surface area contributed by atoms with Crippen LogP contribution in [0, 0.1) is 24.7 Å². The van der Waals surface area contributed by atoms with Crippen molar-refractivity contribution >= 4 is 29.8 Å². The van der Waals surface area contributed by atoms with E-state index in [2.05, 4.69) is 13.2 Å². The van der Waals surface area contributed by atoms with E-state index in [1.807, 2.05) is 6.92 Å². The average molecular weight is 755 g/mol. The Labute approximate surface area is 319 Å². The van der Waals surface area contributed by atoms with Gasteiger partial charge in [0.15, 0.2) is 0 Å². The Morgan fingerprint density at radius 2 is 1.22 bits per heavy atom. The molecular weight excluding hydrogens is 696 g/mol. The molecule has 0 aliphatic heterocycles. The molecule has 4 rings (SSSR count). The summed E-state index contributed by atoms with van der Waals surface area (Å²) < 4.78 is 39.4. The Morgan fingerprint density at radius 3 is 1.83 bits per heavy atom. The van der Waals surface area contributed by atoms with Crippen LogP contribution < -0.4 is 9.47 Å². The number of hydrogen-bond donors (Lipinski definition) is 0. The van der Waals surface area contributed by atoms with Crippen LogP contribution >= 0.6 is 0 Å². The molecule has 298 valence electrons. The second kappa shape index (κ2) is 22.4. The number of aryl methyl sites for hydroxylation is 1. The molecule has 3 saturated carbocycles. The topological polar surface area (TPSA) is 150 Å². The second-order valence-corrected chi connectivity index (χ2v) is 14.7. The first-order valence-electron chi connectivity index (χ1n) is 19.6. The zero-order valence-corrected chi connectivity index (χ0v) is 32.0. The molecule has 0 bridgehead atoms. The molecule has 12 nitrogen and oxygen atoms in total. The van der Waals surface area contributed by atoms with Crippen molar-refractivity contribution in [1.82, 2.24) is 0 Å². The second-order valence-electron chi connectivity index (χ2n) is 14.7. The predicted octanol–water partition coefficient (Wildman–Crippen LogP) is 7.08. The number of ether oxygens (including phenoxy) is 7. The van der Waals surface area contributed by atoms with Gasteiger partial charge in [-0.05, 0) is 128 Å². The van der Waals surface area contributed by atoms with E-state index in [1.165, 1.54) is 0 Å². The van der Waals surface area contributed by atoms with Crippen molar-refractivity contribution in [3.05, 3.63) is 49.1 Å². The van der Waals surface area contributed by atoms with Crippen LogP contribution in [0.15, 0.2) is 43.5 Å². The van der Waals surface area contributed by atoms with Crippen molar-refractivity contribution < 1.29 is 57.1 Å². The molecule has 3 aliphatic rings. The molecule has 0 aromatic heterocycles. The fraction of sp³-hybridized carbons (Fsp3) is 0.643. The predicted molar refractivity (Wildman–Crippen MR) is 198 cm³/mol. The monoisotopic (exact) mass is 754 g/mol. The summed E-state index contributed by atoms with van der Waals surface area (Å²) in [5.41, 5.74) is 0.687. The molecule has 0 spiro atoms. The molecule has 12 heteroatoms. The third-order valence-corrected chi connectivity index (χ3v) is 10.5. The number of carbonyl (C=O) groups is 5. The fourth-order valence-corrected chi connectivity index (χ4v) is 7.32. The van der Waals surface area contributed by atoms with Gasteiger partial charge in [-0.3, -0.25) is 14.4 Å². The van der Waals surface area contributed by atoms with Gasteiger partial charge in [-0.2, -0.15) is 0 Å². The summed E-state index contributed by atoms with van der Waals surface area (Å²) >= 11 is 0. The van der Waals surface area contributed by atoms with E-state index in [4.69, 9.17) is 33.2 Å². The van der Waals surface area contributed by atoms with Crippen molar-refractivity contribution in [3.8, 4) is 11.5 Å². The molecular formula is C42H58O12. The van der Waals surface area contributed by atoms with Crippen molar-refractivity contribution in [2.75, 3.05) is 19.8 Å². The molecule has 0 amide bonds. The highest BCUT2D eigenvalue weighted by Gasteiger charge is 2.31. The Hall–Kier alpha value is -4.03. The Balaban J connectivity index is 1.03. The highest BCUT2D eigenvalue weighted by atomic mass is 16.6. The fourth-order valence-electron chi connectivity index (χ4n) is 7.32. The van der Waals surface area contributed by atoms with Crippen LogP contribution in [0.2, 0.25) is 0 Å². The third kappa shape index (κ3) is 14.3. The van der Waals surface area contributed by atoms with Crippen molar-refractivity contribution in [2.24, 2.45) is 17.8 Å². The summed E-state index contributed by atoms with van der Waals surface area (Å²) in [5, 5.41) is 0. The van der Waals surface area contributed by atoms with Crippen LogP contribution in [0.5, 0.6) is 11.5 Å². The van der Waals surface area contributed by atoms with Crippen LogP contribution in [-0.2, 0) is 47.7 Å². The highest BCUT2D eigenvalue weighted by Crippen LogP contribution is 2.32. The van der Waals surface area contributed by atoms with Crippen molar-refractivity contribution in [2.45, 2.75) is 135 Å². The lowest BCUT2D eigenvalue weighted by Crippen LogP contribution is -2.30. The summed E-state index contributed by atoms with van der Waals surface area (Å²) in [7, 11) is 0. The summed E-state index contributed by atoms with van der Waals surface area (Å²) in [6.45, 7) is 11.8. The summed E-state index contributed by atoms with van der Waals surface area (Å²) in [5.74, 6) is -1.38. The first-order valence-corrected chi connectivity index (χ1v) is 19.6. The van der Waals surface area contributed by atoms with E-state index in [0.717, 1.165) is 63.5 Å². The number of carbonyl (C=O) groups excluding carboxylic acids is 5. The van der Waals surface area contributed by atoms with E-state index in [9.17, 15) is 24.0 Å². The highest BCUT2D eigenvalue weighted by molar-refractivity contribution is 5.81. The van der Waals surface area contributed by atoms with E-state index < -0.39 is 11.9 Å². The molecule has 1 aromatic rings. The van der Waals surface area contributed by atoms with Crippen LogP contribution in [-0.4, -0.2) is 74.1 Å². The van der Waals surface area contributed by atoms with Crippen molar-refractivity contribution in [3.63, 3.8) is 0 Å². The van der Waals surface area contributed by atoms with Gasteiger partial charge in [-0.15, -0.1) is 0 Å². The molecule has 0 heterocycles. The molecule has 1 unspecified atom stereocenters. The van der Waals surface area contributed by atoms with E-state index in [0.29, 0.717) is 81.8 Å². The maximum absolute atomic E-state index is 12.9.